The smallest absolute Gasteiger partial charge is 0.407 e. The molecule has 210 valence electrons. The lowest BCUT2D eigenvalue weighted by molar-refractivity contribution is -0.134. The van der Waals surface area contributed by atoms with E-state index in [0.29, 0.717) is 17.0 Å². The van der Waals surface area contributed by atoms with Gasteiger partial charge in [-0.25, -0.2) is 9.78 Å². The maximum Gasteiger partial charge on any atom is 0.407 e. The molecule has 0 radical (unpaired) electrons. The molecule has 4 rings (SSSR count). The van der Waals surface area contributed by atoms with Crippen LogP contribution in [0, 0.1) is 0 Å². The highest BCUT2D eigenvalue weighted by Crippen LogP contribution is 2.35. The number of nitrogens with zero attached hydrogens (tertiary/aromatic N) is 3. The molecule has 13 heteroatoms. The monoisotopic (exact) mass is 568 g/mol. The van der Waals surface area contributed by atoms with Crippen LogP contribution in [-0.4, -0.2) is 93.1 Å². The van der Waals surface area contributed by atoms with E-state index < -0.39 is 37.7 Å². The highest BCUT2D eigenvalue weighted by molar-refractivity contribution is 7.51. The molecule has 3 amide bonds. The number of pyridine rings is 1. The number of methoxy groups -OCH3 is 1. The molecule has 1 aliphatic rings. The minimum absolute atomic E-state index is 0.0298. The van der Waals surface area contributed by atoms with Crippen molar-refractivity contribution in [3.05, 3.63) is 72.4 Å². The first-order chi connectivity index (χ1) is 19.0. The fourth-order valence-electron chi connectivity index (χ4n) is 4.35. The maximum atomic E-state index is 13.4. The lowest BCUT2D eigenvalue weighted by Gasteiger charge is -2.35. The molecule has 2 aromatic carbocycles. The molecule has 1 aliphatic heterocycles. The summed E-state index contributed by atoms with van der Waals surface area (Å²) in [6.45, 7) is 0.150. The quantitative estimate of drug-likeness (QED) is 0.298. The van der Waals surface area contributed by atoms with Gasteiger partial charge in [0.15, 0.2) is 0 Å². The molecule has 0 saturated carbocycles. The Morgan fingerprint density at radius 3 is 2.12 bits per heavy atom. The van der Waals surface area contributed by atoms with Gasteiger partial charge in [0.1, 0.15) is 17.5 Å². The Kier molecular flexibility index (Phi) is 8.83. The van der Waals surface area contributed by atoms with E-state index in [-0.39, 0.29) is 31.9 Å². The van der Waals surface area contributed by atoms with Crippen LogP contribution in [0.2, 0.25) is 0 Å². The molecule has 0 bridgehead atoms. The van der Waals surface area contributed by atoms with Gasteiger partial charge in [-0.3, -0.25) is 14.2 Å². The second kappa shape index (κ2) is 12.3. The Hall–Kier alpha value is -4.25. The molecule has 0 aliphatic carbocycles. The first-order valence-corrected chi connectivity index (χ1v) is 14.2. The third-order valence-electron chi connectivity index (χ3n) is 6.44. The first kappa shape index (κ1) is 28.8. The van der Waals surface area contributed by atoms with Gasteiger partial charge >= 0.3 is 13.7 Å². The Labute approximate surface area is 230 Å². The zero-order valence-electron chi connectivity index (χ0n) is 21.6. The molecule has 12 nitrogen and oxygen atoms in total. The summed E-state index contributed by atoms with van der Waals surface area (Å²) in [6.07, 6.45) is -2.04. The van der Waals surface area contributed by atoms with E-state index in [1.54, 1.807) is 19.2 Å². The highest BCUT2D eigenvalue weighted by Gasteiger charge is 2.34. The number of aromatic nitrogens is 1. The zero-order valence-corrected chi connectivity index (χ0v) is 22.5. The number of rotatable bonds is 8. The van der Waals surface area contributed by atoms with Crippen molar-refractivity contribution >= 4 is 25.5 Å². The summed E-state index contributed by atoms with van der Waals surface area (Å²) in [5.74, 6) is -0.846. The minimum atomic E-state index is -4.72. The summed E-state index contributed by atoms with van der Waals surface area (Å²) in [5, 5.41) is 11.6. The Morgan fingerprint density at radius 1 is 0.925 bits per heavy atom. The number of ether oxygens (including phenoxy) is 1. The molecule has 4 N–H and O–H groups in total. The molecule has 1 atom stereocenters. The van der Waals surface area contributed by atoms with E-state index in [4.69, 9.17) is 9.84 Å². The number of carboxylic acid groups (broad SMARTS) is 1. The summed E-state index contributed by atoms with van der Waals surface area (Å²) in [5.41, 5.74) is 2.61. The van der Waals surface area contributed by atoms with E-state index in [2.05, 4.69) is 10.3 Å². The Bertz CT molecular complexity index is 1420. The highest BCUT2D eigenvalue weighted by atomic mass is 31.2. The molecular formula is C27H29N4O8P. The molecule has 1 fully saturated rings. The van der Waals surface area contributed by atoms with E-state index in [1.807, 2.05) is 48.5 Å². The Morgan fingerprint density at radius 2 is 1.55 bits per heavy atom. The number of piperazine rings is 1. The van der Waals surface area contributed by atoms with Crippen LogP contribution in [0.5, 0.6) is 5.75 Å². The van der Waals surface area contributed by atoms with Crippen LogP contribution in [0.1, 0.15) is 10.5 Å². The number of nitrogens with one attached hydrogen (secondary N) is 1. The number of benzene rings is 2. The van der Waals surface area contributed by atoms with Crippen LogP contribution >= 0.6 is 7.60 Å². The first-order valence-electron chi connectivity index (χ1n) is 12.4. The number of amides is 3. The lowest BCUT2D eigenvalue weighted by atomic mass is 10.0. The van der Waals surface area contributed by atoms with E-state index in [1.165, 1.54) is 11.0 Å². The van der Waals surface area contributed by atoms with Crippen LogP contribution in [0.15, 0.2) is 66.7 Å². The third kappa shape index (κ3) is 7.23. The fraction of sp³-hybridized carbons (Fsp3) is 0.259. The van der Waals surface area contributed by atoms with Crippen LogP contribution in [0.25, 0.3) is 22.4 Å². The van der Waals surface area contributed by atoms with Crippen LogP contribution < -0.4 is 10.1 Å². The van der Waals surface area contributed by atoms with Gasteiger partial charge in [0.05, 0.1) is 19.0 Å². The van der Waals surface area contributed by atoms with Crippen molar-refractivity contribution in [1.29, 1.82) is 0 Å². The molecule has 1 saturated heterocycles. The van der Waals surface area contributed by atoms with Gasteiger partial charge in [-0.2, -0.15) is 0 Å². The predicted molar refractivity (Wildman–Crippen MR) is 146 cm³/mol. The summed E-state index contributed by atoms with van der Waals surface area (Å²) in [6, 6.07) is 18.2. The minimum Gasteiger partial charge on any atom is -0.497 e. The van der Waals surface area contributed by atoms with Crippen molar-refractivity contribution in [2.45, 2.75) is 6.04 Å². The average molecular weight is 569 g/mol. The second-order valence-corrected chi connectivity index (χ2v) is 10.9. The van der Waals surface area contributed by atoms with Crippen molar-refractivity contribution in [2.75, 3.05) is 39.5 Å². The fourth-order valence-corrected chi connectivity index (χ4v) is 5.07. The van der Waals surface area contributed by atoms with Crippen molar-refractivity contribution in [1.82, 2.24) is 20.1 Å². The molecular weight excluding hydrogens is 539 g/mol. The third-order valence-corrected chi connectivity index (χ3v) is 7.28. The van der Waals surface area contributed by atoms with Crippen LogP contribution in [0.4, 0.5) is 4.79 Å². The molecule has 0 unspecified atom stereocenters. The van der Waals surface area contributed by atoms with Crippen molar-refractivity contribution in [3.63, 3.8) is 0 Å². The summed E-state index contributed by atoms with van der Waals surface area (Å²) in [7, 11) is -3.17. The molecule has 1 aromatic heterocycles. The van der Waals surface area contributed by atoms with Gasteiger partial charge in [0.25, 0.3) is 5.91 Å². The molecule has 2 heterocycles. The van der Waals surface area contributed by atoms with Crippen molar-refractivity contribution in [2.24, 2.45) is 0 Å². The summed E-state index contributed by atoms with van der Waals surface area (Å²) < 4.78 is 17.1. The Balaban J connectivity index is 1.64. The number of hydrogen-bond acceptors (Lipinski definition) is 6. The SMILES string of the molecule is COc1ccc(-c2cc(C(=O)N[C@@H](CP(=O)(O)O)C(=O)N3CCN(C(=O)O)CC3)nc(-c3ccccc3)c2)cc1. The van der Waals surface area contributed by atoms with Gasteiger partial charge in [-0.05, 0) is 35.4 Å². The van der Waals surface area contributed by atoms with Crippen molar-refractivity contribution in [3.8, 4) is 28.1 Å². The van der Waals surface area contributed by atoms with Crippen LogP contribution in [-0.2, 0) is 9.36 Å². The van der Waals surface area contributed by atoms with Gasteiger partial charge in [0, 0.05) is 31.7 Å². The van der Waals surface area contributed by atoms with Gasteiger partial charge < -0.3 is 34.7 Å². The normalized spacial score (nSPS) is 14.4. The lowest BCUT2D eigenvalue weighted by Crippen LogP contribution is -2.56. The maximum absolute atomic E-state index is 13.4. The van der Waals surface area contributed by atoms with Crippen molar-refractivity contribution < 1.29 is 38.6 Å². The molecule has 40 heavy (non-hydrogen) atoms. The van der Waals surface area contributed by atoms with Crippen LogP contribution in [0.3, 0.4) is 0 Å². The van der Waals surface area contributed by atoms with Gasteiger partial charge in [0.2, 0.25) is 5.91 Å². The predicted octanol–water partition coefficient (Wildman–Crippen LogP) is 2.52. The zero-order chi connectivity index (χ0) is 28.9. The van der Waals surface area contributed by atoms with Gasteiger partial charge in [-0.1, -0.05) is 42.5 Å². The number of carbonyl (C=O) groups excluding carboxylic acids is 2. The van der Waals surface area contributed by atoms with E-state index in [0.717, 1.165) is 16.0 Å². The number of carbonyl (C=O) groups is 3. The average Bonchev–Trinajstić information content (AvgIpc) is 2.96. The topological polar surface area (TPSA) is 170 Å². The van der Waals surface area contributed by atoms with Gasteiger partial charge in [-0.15, -0.1) is 0 Å². The van der Waals surface area contributed by atoms with E-state index in [9.17, 15) is 28.7 Å². The molecule has 3 aromatic rings. The molecule has 0 spiro atoms. The summed E-state index contributed by atoms with van der Waals surface area (Å²) >= 11 is 0. The number of hydrogen-bond donors (Lipinski definition) is 4. The van der Waals surface area contributed by atoms with E-state index >= 15 is 0 Å². The standard InChI is InChI=1S/C27H29N4O8P/c1-39-21-9-7-18(8-10-21)20-15-22(19-5-3-2-4-6-19)28-23(16-20)25(32)29-24(17-40(36,37)38)26(33)30-11-13-31(14-12-30)27(34)35/h2-10,15-16,24H,11-14,17H2,1H3,(H,29,32)(H,34,35)(H2,36,37,38)/t24-/m0/s1. The second-order valence-electron chi connectivity index (χ2n) is 9.19. The largest absolute Gasteiger partial charge is 0.497 e. The summed E-state index contributed by atoms with van der Waals surface area (Å²) in [4.78, 5) is 64.0.